The van der Waals surface area contributed by atoms with Crippen LogP contribution in [0, 0.1) is 0 Å². The monoisotopic (exact) mass is 206 g/mol. The average molecular weight is 206 g/mol. The highest BCUT2D eigenvalue weighted by atomic mass is 15.2. The summed E-state index contributed by atoms with van der Waals surface area (Å²) in [6.07, 6.45) is 11.5. The van der Waals surface area contributed by atoms with E-state index in [0.717, 1.165) is 25.7 Å². The van der Waals surface area contributed by atoms with Gasteiger partial charge in [-0.1, -0.05) is 23.8 Å². The van der Waals surface area contributed by atoms with Gasteiger partial charge in [-0.05, 0) is 32.6 Å². The van der Waals surface area contributed by atoms with Crippen LogP contribution in [-0.2, 0) is 0 Å². The zero-order valence-electron chi connectivity index (χ0n) is 9.65. The summed E-state index contributed by atoms with van der Waals surface area (Å²) in [5.74, 6) is 0. The quantitative estimate of drug-likeness (QED) is 0.701. The van der Waals surface area contributed by atoms with Crippen molar-refractivity contribution in [3.05, 3.63) is 23.8 Å². The summed E-state index contributed by atoms with van der Waals surface area (Å²) in [7, 11) is 0. The molecule has 15 heavy (non-hydrogen) atoms. The number of rotatable bonds is 2. The Balaban J connectivity index is 1.90. The minimum Gasteiger partial charge on any atom is -0.328 e. The molecule has 84 valence electrons. The molecule has 2 nitrogen and oxygen atoms in total. The second kappa shape index (κ2) is 4.95. The Morgan fingerprint density at radius 1 is 1.33 bits per heavy atom. The third-order valence-corrected chi connectivity index (χ3v) is 3.69. The van der Waals surface area contributed by atoms with Gasteiger partial charge in [0.15, 0.2) is 0 Å². The summed E-state index contributed by atoms with van der Waals surface area (Å²) in [5, 5.41) is 0. The van der Waals surface area contributed by atoms with Gasteiger partial charge in [-0.3, -0.25) is 4.90 Å². The van der Waals surface area contributed by atoms with Crippen molar-refractivity contribution in [1.82, 2.24) is 4.90 Å². The van der Waals surface area contributed by atoms with Gasteiger partial charge < -0.3 is 5.73 Å². The lowest BCUT2D eigenvalue weighted by atomic mass is 9.96. The number of nitrogens with two attached hydrogens (primary N) is 1. The van der Waals surface area contributed by atoms with Crippen molar-refractivity contribution in [2.75, 3.05) is 13.1 Å². The molecule has 1 unspecified atom stereocenters. The summed E-state index contributed by atoms with van der Waals surface area (Å²) < 4.78 is 0. The van der Waals surface area contributed by atoms with Crippen LogP contribution in [0.25, 0.3) is 0 Å². The van der Waals surface area contributed by atoms with Gasteiger partial charge in [0.05, 0.1) is 0 Å². The fraction of sp³-hybridized carbons (Fsp3) is 0.692. The molecule has 2 rings (SSSR count). The zero-order chi connectivity index (χ0) is 10.7. The molecular formula is C13H22N2. The van der Waals surface area contributed by atoms with Crippen LogP contribution in [0.4, 0.5) is 0 Å². The molecule has 1 heterocycles. The van der Waals surface area contributed by atoms with E-state index in [1.807, 2.05) is 0 Å². The zero-order valence-corrected chi connectivity index (χ0v) is 9.65. The SMILES string of the molecule is CC(C1=CCC=CC1)N1CCC(N)CC1. The van der Waals surface area contributed by atoms with Gasteiger partial charge in [-0.2, -0.15) is 0 Å². The van der Waals surface area contributed by atoms with E-state index < -0.39 is 0 Å². The maximum Gasteiger partial charge on any atom is 0.0282 e. The first-order valence-electron chi connectivity index (χ1n) is 6.11. The molecule has 0 aromatic carbocycles. The van der Waals surface area contributed by atoms with Crippen molar-refractivity contribution in [2.45, 2.75) is 44.7 Å². The van der Waals surface area contributed by atoms with E-state index >= 15 is 0 Å². The van der Waals surface area contributed by atoms with Crippen LogP contribution < -0.4 is 5.73 Å². The van der Waals surface area contributed by atoms with Crippen molar-refractivity contribution >= 4 is 0 Å². The predicted octanol–water partition coefficient (Wildman–Crippen LogP) is 2.07. The summed E-state index contributed by atoms with van der Waals surface area (Å²) >= 11 is 0. The molecule has 1 aliphatic heterocycles. The van der Waals surface area contributed by atoms with Gasteiger partial charge in [-0.25, -0.2) is 0 Å². The Labute approximate surface area is 92.8 Å². The molecule has 0 radical (unpaired) electrons. The van der Waals surface area contributed by atoms with Crippen LogP contribution in [0.3, 0.4) is 0 Å². The van der Waals surface area contributed by atoms with Crippen LogP contribution in [0.2, 0.25) is 0 Å². The third kappa shape index (κ3) is 2.70. The van der Waals surface area contributed by atoms with E-state index in [1.54, 1.807) is 5.57 Å². The lowest BCUT2D eigenvalue weighted by molar-refractivity contribution is 0.180. The van der Waals surface area contributed by atoms with Crippen LogP contribution in [-0.4, -0.2) is 30.1 Å². The number of likely N-dealkylation sites (tertiary alicyclic amines) is 1. The Morgan fingerprint density at radius 2 is 2.07 bits per heavy atom. The van der Waals surface area contributed by atoms with Gasteiger partial charge in [0.1, 0.15) is 0 Å². The van der Waals surface area contributed by atoms with E-state index in [2.05, 4.69) is 30.1 Å². The van der Waals surface area contributed by atoms with E-state index in [-0.39, 0.29) is 0 Å². The molecule has 1 fully saturated rings. The summed E-state index contributed by atoms with van der Waals surface area (Å²) in [6.45, 7) is 4.68. The number of allylic oxidation sites excluding steroid dienone is 3. The van der Waals surface area contributed by atoms with Gasteiger partial charge in [0.2, 0.25) is 0 Å². The molecule has 2 heteroatoms. The third-order valence-electron chi connectivity index (χ3n) is 3.69. The van der Waals surface area contributed by atoms with Crippen LogP contribution in [0.15, 0.2) is 23.8 Å². The Hall–Kier alpha value is -0.600. The second-order valence-corrected chi connectivity index (χ2v) is 4.74. The van der Waals surface area contributed by atoms with Crippen LogP contribution >= 0.6 is 0 Å². The molecule has 2 N–H and O–H groups in total. The molecule has 0 aromatic rings. The summed E-state index contributed by atoms with van der Waals surface area (Å²) in [5.41, 5.74) is 7.51. The average Bonchev–Trinajstić information content (AvgIpc) is 2.30. The van der Waals surface area contributed by atoms with Crippen molar-refractivity contribution in [3.8, 4) is 0 Å². The topological polar surface area (TPSA) is 29.3 Å². The van der Waals surface area contributed by atoms with Crippen LogP contribution in [0.1, 0.15) is 32.6 Å². The van der Waals surface area contributed by atoms with E-state index in [0.29, 0.717) is 12.1 Å². The number of piperidine rings is 1. The van der Waals surface area contributed by atoms with Crippen molar-refractivity contribution in [1.29, 1.82) is 0 Å². The van der Waals surface area contributed by atoms with Gasteiger partial charge in [-0.15, -0.1) is 0 Å². The van der Waals surface area contributed by atoms with E-state index in [1.165, 1.54) is 13.1 Å². The highest BCUT2D eigenvalue weighted by Gasteiger charge is 2.22. The molecule has 0 bridgehead atoms. The van der Waals surface area contributed by atoms with Crippen LogP contribution in [0.5, 0.6) is 0 Å². The molecule has 0 aromatic heterocycles. The van der Waals surface area contributed by atoms with Gasteiger partial charge in [0, 0.05) is 25.2 Å². The maximum absolute atomic E-state index is 5.92. The Bertz CT molecular complexity index is 260. The summed E-state index contributed by atoms with van der Waals surface area (Å²) in [6, 6.07) is 1.05. The first-order chi connectivity index (χ1) is 7.27. The lowest BCUT2D eigenvalue weighted by Gasteiger charge is -2.36. The highest BCUT2D eigenvalue weighted by molar-refractivity contribution is 5.19. The first-order valence-corrected chi connectivity index (χ1v) is 6.11. The molecule has 1 aliphatic carbocycles. The van der Waals surface area contributed by atoms with Crippen molar-refractivity contribution < 1.29 is 0 Å². The van der Waals surface area contributed by atoms with Crippen molar-refractivity contribution in [2.24, 2.45) is 5.73 Å². The molecule has 1 atom stereocenters. The van der Waals surface area contributed by atoms with E-state index in [9.17, 15) is 0 Å². The smallest absolute Gasteiger partial charge is 0.0282 e. The first kappa shape index (κ1) is 10.9. The fourth-order valence-electron chi connectivity index (χ4n) is 2.50. The lowest BCUT2D eigenvalue weighted by Crippen LogP contribution is -2.44. The number of hydrogen-bond donors (Lipinski definition) is 1. The number of nitrogens with zero attached hydrogens (tertiary/aromatic N) is 1. The Kier molecular flexibility index (Phi) is 3.60. The largest absolute Gasteiger partial charge is 0.328 e. The van der Waals surface area contributed by atoms with E-state index in [4.69, 9.17) is 5.73 Å². The molecule has 0 spiro atoms. The predicted molar refractivity (Wildman–Crippen MR) is 64.7 cm³/mol. The standard InChI is InChI=1S/C13H22N2/c1-11(12-5-3-2-4-6-12)15-9-7-13(14)8-10-15/h2-3,6,11,13H,4-5,7-10,14H2,1H3. The van der Waals surface area contributed by atoms with Crippen molar-refractivity contribution in [3.63, 3.8) is 0 Å². The normalized spacial score (nSPS) is 26.4. The fourth-order valence-corrected chi connectivity index (χ4v) is 2.50. The molecular weight excluding hydrogens is 184 g/mol. The molecule has 0 amide bonds. The Morgan fingerprint density at radius 3 is 2.67 bits per heavy atom. The summed E-state index contributed by atoms with van der Waals surface area (Å²) in [4.78, 5) is 2.58. The second-order valence-electron chi connectivity index (χ2n) is 4.74. The van der Waals surface area contributed by atoms with Gasteiger partial charge >= 0.3 is 0 Å². The minimum absolute atomic E-state index is 0.439. The number of hydrogen-bond acceptors (Lipinski definition) is 2. The minimum atomic E-state index is 0.439. The molecule has 2 aliphatic rings. The highest BCUT2D eigenvalue weighted by Crippen LogP contribution is 2.21. The molecule has 1 saturated heterocycles. The maximum atomic E-state index is 5.92. The molecule has 0 saturated carbocycles. The van der Waals surface area contributed by atoms with Gasteiger partial charge in [0.25, 0.3) is 0 Å².